The largest absolute Gasteiger partial charge is 0.309 e. The summed E-state index contributed by atoms with van der Waals surface area (Å²) in [6.45, 7) is 0. The topological polar surface area (TPSA) is 61.4 Å². The highest BCUT2D eigenvalue weighted by Crippen LogP contribution is 2.51. The van der Waals surface area contributed by atoms with Crippen molar-refractivity contribution in [3.05, 3.63) is 279 Å². The van der Waals surface area contributed by atoms with Crippen molar-refractivity contribution < 1.29 is 0 Å². The van der Waals surface area contributed by atoms with Crippen LogP contribution < -0.4 is 0 Å². The molecule has 0 aliphatic carbocycles. The molecule has 0 spiro atoms. The average Bonchev–Trinajstić information content (AvgIpc) is 4.27. The van der Waals surface area contributed by atoms with Crippen molar-refractivity contribution in [1.82, 2.24) is 29.1 Å². The zero-order chi connectivity index (χ0) is 52.7. The number of fused-ring (bicyclic) bond motifs is 15. The van der Waals surface area contributed by atoms with Gasteiger partial charge in [0.05, 0.1) is 44.8 Å². The lowest BCUT2D eigenvalue weighted by atomic mass is 9.89. The van der Waals surface area contributed by atoms with Crippen LogP contribution in [0, 0.1) is 0 Å². The number of benzene rings is 12. The molecule has 0 fully saturated rings. The summed E-state index contributed by atoms with van der Waals surface area (Å²) in [6.07, 6.45) is 0. The molecule has 0 amide bonds. The summed E-state index contributed by atoms with van der Waals surface area (Å²) in [6, 6.07) is 99.2. The van der Waals surface area contributed by atoms with E-state index in [9.17, 15) is 0 Å². The van der Waals surface area contributed by atoms with E-state index < -0.39 is 0 Å². The molecule has 4 aromatic heterocycles. The van der Waals surface area contributed by atoms with Gasteiger partial charge in [-0.25, -0.2) is 19.9 Å². The average molecular weight is 1020 g/mol. The highest BCUT2D eigenvalue weighted by atomic mass is 15.0. The molecule has 4 heterocycles. The second kappa shape index (κ2) is 18.4. The molecule has 372 valence electrons. The molecule has 0 unspecified atom stereocenters. The van der Waals surface area contributed by atoms with Crippen molar-refractivity contribution in [3.63, 3.8) is 0 Å². The van der Waals surface area contributed by atoms with Gasteiger partial charge < -0.3 is 9.13 Å². The number of hydrogen-bond acceptors (Lipinski definition) is 4. The molecule has 0 radical (unpaired) electrons. The summed E-state index contributed by atoms with van der Waals surface area (Å²) in [5, 5.41) is 12.2. The van der Waals surface area contributed by atoms with Crippen LogP contribution in [0.25, 0.3) is 155 Å². The molecular weight excluding hydrogens is 973 g/mol. The number of hydrogen-bond donors (Lipinski definition) is 0. The lowest BCUT2D eigenvalue weighted by Crippen LogP contribution is -1.98. The number of para-hydroxylation sites is 2. The third-order valence-electron chi connectivity index (χ3n) is 15.9. The third-order valence-corrected chi connectivity index (χ3v) is 15.9. The van der Waals surface area contributed by atoms with Gasteiger partial charge in [-0.05, 0) is 64.7 Å². The predicted octanol–water partition coefficient (Wildman–Crippen LogP) is 18.9. The normalized spacial score (nSPS) is 11.8. The first-order valence-corrected chi connectivity index (χ1v) is 27.1. The van der Waals surface area contributed by atoms with Gasteiger partial charge >= 0.3 is 0 Å². The van der Waals surface area contributed by atoms with E-state index in [0.29, 0.717) is 11.6 Å². The Kier molecular flexibility index (Phi) is 10.5. The summed E-state index contributed by atoms with van der Waals surface area (Å²) in [4.78, 5) is 20.5. The maximum atomic E-state index is 5.19. The molecule has 0 saturated heterocycles. The first-order chi connectivity index (χ1) is 39.7. The van der Waals surface area contributed by atoms with Crippen LogP contribution in [0.5, 0.6) is 0 Å². The molecular formula is C74H46N6. The molecule has 16 aromatic rings. The monoisotopic (exact) mass is 1020 g/mol. The minimum Gasteiger partial charge on any atom is -0.309 e. The number of aromatic nitrogens is 6. The second-order valence-electron chi connectivity index (χ2n) is 20.5. The fourth-order valence-electron chi connectivity index (χ4n) is 12.3. The van der Waals surface area contributed by atoms with E-state index in [1.807, 2.05) is 48.5 Å². The van der Waals surface area contributed by atoms with Crippen LogP contribution in [0.1, 0.15) is 0 Å². The molecule has 0 aliphatic heterocycles. The van der Waals surface area contributed by atoms with Crippen LogP contribution in [-0.4, -0.2) is 29.1 Å². The SMILES string of the molecule is c1ccc(-c2cc(-c3ccc(-n4c5ccccc5c5c6c(c7ccccc7c54)c4ccccc4c4c6c5ccccc5n4-c4ccc(-c5cc(-c6ccccc6)nc(-c6ccccc6)n5)cc4)cc3)nc(-c3ccccc3)n2)cc1. The minimum absolute atomic E-state index is 0.696. The van der Waals surface area contributed by atoms with E-state index in [0.717, 1.165) is 78.6 Å². The Morgan fingerprint density at radius 2 is 0.500 bits per heavy atom. The van der Waals surface area contributed by atoms with Gasteiger partial charge in [0.25, 0.3) is 0 Å². The van der Waals surface area contributed by atoms with Gasteiger partial charge in [0.1, 0.15) is 0 Å². The Bertz CT molecular complexity index is 4640. The van der Waals surface area contributed by atoms with Crippen molar-refractivity contribution in [3.8, 4) is 79.2 Å². The molecule has 0 bridgehead atoms. The molecule has 6 heteroatoms. The molecule has 6 nitrogen and oxygen atoms in total. The second-order valence-corrected chi connectivity index (χ2v) is 20.5. The first-order valence-electron chi connectivity index (χ1n) is 27.1. The fraction of sp³-hybridized carbons (Fsp3) is 0. The number of nitrogens with zero attached hydrogens (tertiary/aromatic N) is 6. The highest BCUT2D eigenvalue weighted by molar-refractivity contribution is 6.45. The van der Waals surface area contributed by atoms with Crippen LogP contribution >= 0.6 is 0 Å². The fourth-order valence-corrected chi connectivity index (χ4v) is 12.3. The van der Waals surface area contributed by atoms with Crippen LogP contribution in [0.3, 0.4) is 0 Å². The van der Waals surface area contributed by atoms with E-state index in [4.69, 9.17) is 19.9 Å². The third kappa shape index (κ3) is 7.27. The predicted molar refractivity (Wildman–Crippen MR) is 331 cm³/mol. The van der Waals surface area contributed by atoms with E-state index >= 15 is 0 Å². The Hall–Kier alpha value is -10.8. The van der Waals surface area contributed by atoms with Crippen molar-refractivity contribution >= 4 is 75.9 Å². The van der Waals surface area contributed by atoms with Gasteiger partial charge in [0.15, 0.2) is 11.6 Å². The summed E-state index contributed by atoms with van der Waals surface area (Å²) >= 11 is 0. The van der Waals surface area contributed by atoms with E-state index in [1.54, 1.807) is 0 Å². The maximum absolute atomic E-state index is 5.19. The quantitative estimate of drug-likeness (QED) is 0.142. The standard InChI is InChI=1S/C74H46N6/c1-5-21-47(22-6-1)61-45-63(77-73(75-61)51-25-9-3-10-26-51)49-37-41-53(42-38-49)79-65-35-19-17-33-59(65)68-70-67(55-29-13-15-31-57(55)71(68)79)56-30-14-16-32-58(56)72-69(70)60-34-18-20-36-66(60)80(72)54-43-39-50(40-44-54)64-46-62(48-23-7-2-8-24-48)76-74(78-64)52-27-11-4-12-28-52/h1-46H. The Labute approximate surface area is 460 Å². The van der Waals surface area contributed by atoms with Gasteiger partial charge in [0, 0.05) is 82.5 Å². The van der Waals surface area contributed by atoms with Gasteiger partial charge in [-0.1, -0.05) is 231 Å². The van der Waals surface area contributed by atoms with Gasteiger partial charge in [-0.2, -0.15) is 0 Å². The zero-order valence-electron chi connectivity index (χ0n) is 43.2. The molecule has 12 aromatic carbocycles. The van der Waals surface area contributed by atoms with E-state index in [1.165, 1.54) is 64.9 Å². The van der Waals surface area contributed by atoms with E-state index in [-0.39, 0.29) is 0 Å². The molecule has 16 rings (SSSR count). The van der Waals surface area contributed by atoms with Crippen LogP contribution in [0.2, 0.25) is 0 Å². The Morgan fingerprint density at radius 3 is 0.863 bits per heavy atom. The summed E-state index contributed by atoms with van der Waals surface area (Å²) in [5.74, 6) is 1.39. The van der Waals surface area contributed by atoms with Crippen molar-refractivity contribution in [2.45, 2.75) is 0 Å². The first kappa shape index (κ1) is 45.4. The molecule has 80 heavy (non-hydrogen) atoms. The highest BCUT2D eigenvalue weighted by Gasteiger charge is 2.26. The van der Waals surface area contributed by atoms with Crippen LogP contribution in [-0.2, 0) is 0 Å². The molecule has 0 aliphatic rings. The molecule has 0 atom stereocenters. The van der Waals surface area contributed by atoms with Crippen LogP contribution in [0.15, 0.2) is 279 Å². The van der Waals surface area contributed by atoms with Crippen molar-refractivity contribution in [1.29, 1.82) is 0 Å². The minimum atomic E-state index is 0.696. The molecule has 0 N–H and O–H groups in total. The lowest BCUT2D eigenvalue weighted by molar-refractivity contribution is 1.17. The summed E-state index contributed by atoms with van der Waals surface area (Å²) < 4.78 is 4.97. The van der Waals surface area contributed by atoms with Gasteiger partial charge in [-0.15, -0.1) is 0 Å². The maximum Gasteiger partial charge on any atom is 0.160 e. The summed E-state index contributed by atoms with van der Waals surface area (Å²) in [5.41, 5.74) is 16.4. The number of rotatable bonds is 8. The Balaban J connectivity index is 0.923. The zero-order valence-corrected chi connectivity index (χ0v) is 43.2. The van der Waals surface area contributed by atoms with Gasteiger partial charge in [0.2, 0.25) is 0 Å². The van der Waals surface area contributed by atoms with Crippen molar-refractivity contribution in [2.24, 2.45) is 0 Å². The van der Waals surface area contributed by atoms with Crippen LogP contribution in [0.4, 0.5) is 0 Å². The molecule has 0 saturated carbocycles. The van der Waals surface area contributed by atoms with Gasteiger partial charge in [-0.3, -0.25) is 0 Å². The van der Waals surface area contributed by atoms with E-state index in [2.05, 4.69) is 240 Å². The lowest BCUT2D eigenvalue weighted by Gasteiger charge is -2.17. The Morgan fingerprint density at radius 1 is 0.212 bits per heavy atom. The summed E-state index contributed by atoms with van der Waals surface area (Å²) in [7, 11) is 0. The smallest absolute Gasteiger partial charge is 0.160 e. The van der Waals surface area contributed by atoms with Crippen molar-refractivity contribution in [2.75, 3.05) is 0 Å².